The molecule has 17 heavy (non-hydrogen) atoms. The van der Waals surface area contributed by atoms with E-state index < -0.39 is 0 Å². The summed E-state index contributed by atoms with van der Waals surface area (Å²) in [7, 11) is 0. The number of carbonyl (C=O) groups is 2. The first-order chi connectivity index (χ1) is 8.21. The average Bonchev–Trinajstić information content (AvgIpc) is 2.76. The van der Waals surface area contributed by atoms with Gasteiger partial charge < -0.3 is 4.90 Å². The number of amides is 2. The molecule has 0 aliphatic heterocycles. The molecule has 0 saturated carbocycles. The molecule has 0 bridgehead atoms. The predicted molar refractivity (Wildman–Crippen MR) is 68.5 cm³/mol. The van der Waals surface area contributed by atoms with E-state index in [9.17, 15) is 9.59 Å². The van der Waals surface area contributed by atoms with E-state index in [0.29, 0.717) is 29.4 Å². The highest BCUT2D eigenvalue weighted by Crippen LogP contribution is 2.16. The Morgan fingerprint density at radius 2 is 2.12 bits per heavy atom. The number of hydrogen-bond donors (Lipinski definition) is 1. The Morgan fingerprint density at radius 3 is 2.59 bits per heavy atom. The number of anilines is 1. The molecule has 0 spiro atoms. The minimum Gasteiger partial charge on any atom is -0.317 e. The molecule has 1 aromatic rings. The van der Waals surface area contributed by atoms with Crippen molar-refractivity contribution >= 4 is 28.8 Å². The lowest BCUT2D eigenvalue weighted by Gasteiger charge is -2.18. The van der Waals surface area contributed by atoms with Gasteiger partial charge in [0.2, 0.25) is 0 Å². The van der Waals surface area contributed by atoms with Crippen molar-refractivity contribution in [2.75, 3.05) is 18.4 Å². The molecule has 0 fully saturated rings. The van der Waals surface area contributed by atoms with Crippen LogP contribution >= 0.6 is 11.3 Å². The number of urea groups is 1. The number of carbonyl (C=O) groups excluding carboxylic acids is 2. The highest BCUT2D eigenvalue weighted by atomic mass is 32.1. The van der Waals surface area contributed by atoms with Crippen LogP contribution in [0.4, 0.5) is 9.93 Å². The van der Waals surface area contributed by atoms with Crippen molar-refractivity contribution in [3.05, 3.63) is 36.4 Å². The van der Waals surface area contributed by atoms with Crippen LogP contribution in [0.3, 0.4) is 0 Å². The van der Waals surface area contributed by atoms with Crippen LogP contribution < -0.4 is 5.32 Å². The summed E-state index contributed by atoms with van der Waals surface area (Å²) in [5.41, 5.74) is 0. The number of rotatable bonds is 6. The van der Waals surface area contributed by atoms with Gasteiger partial charge in [0, 0.05) is 13.1 Å². The van der Waals surface area contributed by atoms with E-state index in [1.54, 1.807) is 12.2 Å². The van der Waals surface area contributed by atoms with Crippen LogP contribution in [-0.4, -0.2) is 35.3 Å². The molecule has 0 unspecified atom stereocenters. The minimum absolute atomic E-state index is 0.295. The van der Waals surface area contributed by atoms with Crippen molar-refractivity contribution in [2.45, 2.75) is 0 Å². The molecule has 1 aromatic heterocycles. The highest BCUT2D eigenvalue weighted by Gasteiger charge is 2.12. The van der Waals surface area contributed by atoms with Crippen molar-refractivity contribution in [3.8, 4) is 0 Å². The third-order valence-corrected chi connectivity index (χ3v) is 2.68. The lowest BCUT2D eigenvalue weighted by molar-refractivity contribution is 0.112. The number of hydrogen-bond acceptors (Lipinski definition) is 4. The van der Waals surface area contributed by atoms with Gasteiger partial charge in [0.25, 0.3) is 0 Å². The van der Waals surface area contributed by atoms with Crippen LogP contribution in [0.25, 0.3) is 0 Å². The fourth-order valence-electron chi connectivity index (χ4n) is 1.12. The summed E-state index contributed by atoms with van der Waals surface area (Å²) in [6.07, 6.45) is 5.36. The first-order valence-corrected chi connectivity index (χ1v) is 5.71. The molecular weight excluding hydrogens is 238 g/mol. The summed E-state index contributed by atoms with van der Waals surface area (Å²) in [4.78, 5) is 28.1. The van der Waals surface area contributed by atoms with Crippen LogP contribution in [0.15, 0.2) is 31.5 Å². The molecule has 6 heteroatoms. The van der Waals surface area contributed by atoms with Crippen molar-refractivity contribution in [1.82, 2.24) is 9.88 Å². The molecule has 0 saturated heterocycles. The number of aldehydes is 1. The Hall–Kier alpha value is -1.95. The Morgan fingerprint density at radius 1 is 1.47 bits per heavy atom. The van der Waals surface area contributed by atoms with Gasteiger partial charge in [-0.15, -0.1) is 13.2 Å². The van der Waals surface area contributed by atoms with Crippen molar-refractivity contribution < 1.29 is 9.59 Å². The van der Waals surface area contributed by atoms with E-state index in [0.717, 1.165) is 11.3 Å². The molecule has 1 N–H and O–H groups in total. The zero-order valence-corrected chi connectivity index (χ0v) is 10.1. The molecule has 0 radical (unpaired) electrons. The molecule has 1 rings (SSSR count). The maximum absolute atomic E-state index is 11.8. The zero-order chi connectivity index (χ0) is 12.7. The Bertz CT molecular complexity index is 418. The highest BCUT2D eigenvalue weighted by molar-refractivity contribution is 7.17. The van der Waals surface area contributed by atoms with Crippen molar-refractivity contribution in [1.29, 1.82) is 0 Å². The quantitative estimate of drug-likeness (QED) is 0.622. The standard InChI is InChI=1S/C11H13N3O2S/c1-3-5-14(6-4-2)11(16)13-10-12-7-9(8-15)17-10/h3-4,7-8H,1-2,5-6H2,(H,12,13,16). The van der Waals surface area contributed by atoms with E-state index in [-0.39, 0.29) is 6.03 Å². The maximum Gasteiger partial charge on any atom is 0.324 e. The number of thiazole rings is 1. The van der Waals surface area contributed by atoms with Crippen LogP contribution in [0.2, 0.25) is 0 Å². The molecule has 0 aromatic carbocycles. The predicted octanol–water partition coefficient (Wildman–Crippen LogP) is 2.16. The second kappa shape index (κ2) is 6.59. The van der Waals surface area contributed by atoms with E-state index in [2.05, 4.69) is 23.5 Å². The third-order valence-electron chi connectivity index (χ3n) is 1.84. The molecule has 0 aliphatic rings. The van der Waals surface area contributed by atoms with E-state index >= 15 is 0 Å². The molecule has 2 amide bonds. The largest absolute Gasteiger partial charge is 0.324 e. The van der Waals surface area contributed by atoms with Gasteiger partial charge >= 0.3 is 6.03 Å². The Kier molecular flexibility index (Phi) is 5.09. The monoisotopic (exact) mass is 251 g/mol. The van der Waals surface area contributed by atoms with E-state index in [1.807, 2.05) is 0 Å². The van der Waals surface area contributed by atoms with Crippen LogP contribution in [0, 0.1) is 0 Å². The topological polar surface area (TPSA) is 62.3 Å². The zero-order valence-electron chi connectivity index (χ0n) is 9.26. The fraction of sp³-hybridized carbons (Fsp3) is 0.182. The van der Waals surface area contributed by atoms with Gasteiger partial charge in [0.1, 0.15) is 0 Å². The summed E-state index contributed by atoms with van der Waals surface area (Å²) >= 11 is 1.13. The minimum atomic E-state index is -0.295. The van der Waals surface area contributed by atoms with E-state index in [1.165, 1.54) is 11.1 Å². The van der Waals surface area contributed by atoms with Gasteiger partial charge in [-0.1, -0.05) is 23.5 Å². The van der Waals surface area contributed by atoms with Gasteiger partial charge in [0.05, 0.1) is 11.1 Å². The average molecular weight is 251 g/mol. The molecular formula is C11H13N3O2S. The lowest BCUT2D eigenvalue weighted by Crippen LogP contribution is -2.35. The van der Waals surface area contributed by atoms with Crippen LogP contribution in [0.1, 0.15) is 9.67 Å². The maximum atomic E-state index is 11.8. The first kappa shape index (κ1) is 13.1. The second-order valence-electron chi connectivity index (χ2n) is 3.10. The van der Waals surface area contributed by atoms with Gasteiger partial charge in [-0.05, 0) is 0 Å². The molecule has 90 valence electrons. The summed E-state index contributed by atoms with van der Waals surface area (Å²) in [5.74, 6) is 0. The summed E-state index contributed by atoms with van der Waals surface area (Å²) in [6.45, 7) is 7.99. The summed E-state index contributed by atoms with van der Waals surface area (Å²) in [5, 5.41) is 3.00. The summed E-state index contributed by atoms with van der Waals surface area (Å²) < 4.78 is 0. The molecule has 5 nitrogen and oxygen atoms in total. The van der Waals surface area contributed by atoms with Gasteiger partial charge in [-0.25, -0.2) is 9.78 Å². The summed E-state index contributed by atoms with van der Waals surface area (Å²) in [6, 6.07) is -0.295. The number of nitrogens with zero attached hydrogens (tertiary/aromatic N) is 2. The smallest absolute Gasteiger partial charge is 0.317 e. The number of nitrogens with one attached hydrogen (secondary N) is 1. The third kappa shape index (κ3) is 3.84. The Labute approximate surface area is 103 Å². The SMILES string of the molecule is C=CCN(CC=C)C(=O)Nc1ncc(C=O)s1. The van der Waals surface area contributed by atoms with Gasteiger partial charge in [0.15, 0.2) is 11.4 Å². The normalized spacial score (nSPS) is 9.41. The molecule has 0 aliphatic carbocycles. The Balaban J connectivity index is 2.64. The fourth-order valence-corrected chi connectivity index (χ4v) is 1.74. The number of aromatic nitrogens is 1. The molecule has 0 atom stereocenters. The lowest BCUT2D eigenvalue weighted by atomic mass is 10.5. The van der Waals surface area contributed by atoms with Gasteiger partial charge in [-0.3, -0.25) is 10.1 Å². The van der Waals surface area contributed by atoms with Crippen molar-refractivity contribution in [2.24, 2.45) is 0 Å². The van der Waals surface area contributed by atoms with Crippen molar-refractivity contribution in [3.63, 3.8) is 0 Å². The first-order valence-electron chi connectivity index (χ1n) is 4.90. The van der Waals surface area contributed by atoms with Crippen LogP contribution in [-0.2, 0) is 0 Å². The van der Waals surface area contributed by atoms with Gasteiger partial charge in [-0.2, -0.15) is 0 Å². The second-order valence-corrected chi connectivity index (χ2v) is 4.16. The van der Waals surface area contributed by atoms with E-state index in [4.69, 9.17) is 0 Å². The molecule has 1 heterocycles. The van der Waals surface area contributed by atoms with Crippen LogP contribution in [0.5, 0.6) is 0 Å².